The summed E-state index contributed by atoms with van der Waals surface area (Å²) in [5, 5.41) is 16.2. The van der Waals surface area contributed by atoms with Crippen molar-refractivity contribution in [2.24, 2.45) is 5.41 Å². The van der Waals surface area contributed by atoms with E-state index >= 15 is 0 Å². The minimum absolute atomic E-state index is 0.0544. The zero-order chi connectivity index (χ0) is 21.9. The van der Waals surface area contributed by atoms with E-state index in [4.69, 9.17) is 4.74 Å². The van der Waals surface area contributed by atoms with Gasteiger partial charge in [0.2, 0.25) is 0 Å². The van der Waals surface area contributed by atoms with Crippen LogP contribution in [0.3, 0.4) is 0 Å². The number of phenols is 1. The number of carbonyl (C=O) groups excluding carboxylic acids is 1. The number of rotatable bonds is 2. The number of Topliss-reactive ketones (excluding diaryl/α,β-unsaturated/α-hetero) is 1. The standard InChI is InChI=1S/C26H24BrNO3/c1-26(2)12-17-22-16-7-5-4-6-14(16)8-9-19(22)28-24(23(17)20(29)13-26)15-10-18(27)25(30)21(11-15)31-3/h4-11,24,28,30H,12-13H2,1-3H3/t24-/m0/s1. The first-order valence-corrected chi connectivity index (χ1v) is 11.2. The van der Waals surface area contributed by atoms with Crippen LogP contribution in [0.4, 0.5) is 5.69 Å². The fourth-order valence-corrected chi connectivity index (χ4v) is 5.46. The summed E-state index contributed by atoms with van der Waals surface area (Å²) in [6, 6.07) is 15.9. The van der Waals surface area contributed by atoms with E-state index in [-0.39, 0.29) is 23.0 Å². The molecule has 5 rings (SSSR count). The van der Waals surface area contributed by atoms with Gasteiger partial charge in [-0.05, 0) is 67.9 Å². The number of ketones is 1. The number of methoxy groups -OCH3 is 1. The number of carbonyl (C=O) groups is 1. The third-order valence-electron chi connectivity index (χ3n) is 6.34. The molecule has 1 heterocycles. The minimum Gasteiger partial charge on any atom is -0.503 e. The van der Waals surface area contributed by atoms with Crippen molar-refractivity contribution in [3.05, 3.63) is 69.7 Å². The molecule has 1 atom stereocenters. The number of benzene rings is 3. The summed E-state index contributed by atoms with van der Waals surface area (Å²) in [6.45, 7) is 4.33. The Kier molecular flexibility index (Phi) is 4.63. The molecule has 3 aromatic rings. The second kappa shape index (κ2) is 7.13. The molecule has 2 N–H and O–H groups in total. The first-order chi connectivity index (χ1) is 14.8. The highest BCUT2D eigenvalue weighted by atomic mass is 79.9. The summed E-state index contributed by atoms with van der Waals surface area (Å²) >= 11 is 3.43. The smallest absolute Gasteiger partial charge is 0.172 e. The van der Waals surface area contributed by atoms with Crippen molar-refractivity contribution in [1.29, 1.82) is 0 Å². The van der Waals surface area contributed by atoms with Crippen molar-refractivity contribution in [3.63, 3.8) is 0 Å². The van der Waals surface area contributed by atoms with Gasteiger partial charge in [0.25, 0.3) is 0 Å². The summed E-state index contributed by atoms with van der Waals surface area (Å²) in [4.78, 5) is 13.5. The van der Waals surface area contributed by atoms with Gasteiger partial charge in [0, 0.05) is 23.2 Å². The van der Waals surface area contributed by atoms with Crippen LogP contribution in [0.1, 0.15) is 43.9 Å². The van der Waals surface area contributed by atoms with Crippen LogP contribution < -0.4 is 10.1 Å². The fraction of sp³-hybridized carbons (Fsp3) is 0.269. The zero-order valence-electron chi connectivity index (χ0n) is 17.8. The lowest BCUT2D eigenvalue weighted by Crippen LogP contribution is -2.33. The van der Waals surface area contributed by atoms with Crippen LogP contribution in [0.5, 0.6) is 11.5 Å². The molecule has 1 aliphatic carbocycles. The van der Waals surface area contributed by atoms with Gasteiger partial charge in [0.15, 0.2) is 17.3 Å². The van der Waals surface area contributed by atoms with Crippen molar-refractivity contribution in [2.75, 3.05) is 12.4 Å². The Morgan fingerprint density at radius 3 is 2.68 bits per heavy atom. The number of hydrogen-bond acceptors (Lipinski definition) is 4. The second-order valence-electron chi connectivity index (χ2n) is 9.17. The Balaban J connectivity index is 1.79. The van der Waals surface area contributed by atoms with Crippen LogP contribution in [0.25, 0.3) is 16.3 Å². The van der Waals surface area contributed by atoms with Gasteiger partial charge >= 0.3 is 0 Å². The quantitative estimate of drug-likeness (QED) is 0.434. The van der Waals surface area contributed by atoms with Gasteiger partial charge in [-0.3, -0.25) is 4.79 Å². The molecule has 0 spiro atoms. The van der Waals surface area contributed by atoms with E-state index in [0.717, 1.165) is 39.8 Å². The van der Waals surface area contributed by atoms with Crippen molar-refractivity contribution in [3.8, 4) is 11.5 Å². The summed E-state index contributed by atoms with van der Waals surface area (Å²) < 4.78 is 5.91. The predicted octanol–water partition coefficient (Wildman–Crippen LogP) is 6.63. The number of aromatic hydroxyl groups is 1. The minimum atomic E-state index is -0.307. The van der Waals surface area contributed by atoms with Gasteiger partial charge in [0.1, 0.15) is 0 Å². The van der Waals surface area contributed by atoms with E-state index in [0.29, 0.717) is 16.6 Å². The Labute approximate surface area is 190 Å². The largest absolute Gasteiger partial charge is 0.503 e. The average Bonchev–Trinajstić information content (AvgIpc) is 2.73. The van der Waals surface area contributed by atoms with Gasteiger partial charge < -0.3 is 15.2 Å². The Morgan fingerprint density at radius 1 is 1.13 bits per heavy atom. The van der Waals surface area contributed by atoms with E-state index in [1.54, 1.807) is 6.07 Å². The molecule has 0 saturated heterocycles. The molecule has 0 saturated carbocycles. The first kappa shape index (κ1) is 20.1. The lowest BCUT2D eigenvalue weighted by molar-refractivity contribution is -0.118. The number of nitrogens with one attached hydrogen (secondary N) is 1. The number of fused-ring (bicyclic) bond motifs is 4. The average molecular weight is 478 g/mol. The molecule has 1 aliphatic heterocycles. The highest BCUT2D eigenvalue weighted by molar-refractivity contribution is 9.10. The van der Waals surface area contributed by atoms with Crippen molar-refractivity contribution in [2.45, 2.75) is 32.7 Å². The Bertz CT molecular complexity index is 1280. The molecule has 2 aliphatic rings. The molecule has 0 bridgehead atoms. The molecule has 0 fully saturated rings. The number of halogens is 1. The van der Waals surface area contributed by atoms with Crippen LogP contribution in [0.2, 0.25) is 0 Å². The van der Waals surface area contributed by atoms with Crippen molar-refractivity contribution >= 4 is 43.7 Å². The molecule has 0 radical (unpaired) electrons. The maximum Gasteiger partial charge on any atom is 0.172 e. The lowest BCUT2D eigenvalue weighted by atomic mass is 9.68. The molecule has 31 heavy (non-hydrogen) atoms. The van der Waals surface area contributed by atoms with Gasteiger partial charge in [0.05, 0.1) is 17.6 Å². The maximum absolute atomic E-state index is 13.5. The first-order valence-electron chi connectivity index (χ1n) is 10.4. The van der Waals surface area contributed by atoms with Crippen LogP contribution in [-0.4, -0.2) is 18.0 Å². The van der Waals surface area contributed by atoms with Crippen LogP contribution in [-0.2, 0) is 4.79 Å². The molecule has 0 unspecified atom stereocenters. The molecule has 158 valence electrons. The molecular formula is C26H24BrNO3. The van der Waals surface area contributed by atoms with Crippen molar-refractivity contribution in [1.82, 2.24) is 0 Å². The number of hydrogen-bond donors (Lipinski definition) is 2. The van der Waals surface area contributed by atoms with E-state index in [2.05, 4.69) is 59.4 Å². The fourth-order valence-electron chi connectivity index (χ4n) is 5.00. The van der Waals surface area contributed by atoms with E-state index < -0.39 is 0 Å². The zero-order valence-corrected chi connectivity index (χ0v) is 19.3. The number of anilines is 1. The maximum atomic E-state index is 13.5. The molecular weight excluding hydrogens is 454 g/mol. The number of ether oxygens (including phenoxy) is 1. The topological polar surface area (TPSA) is 58.6 Å². The SMILES string of the molecule is COc1cc([C@@H]2Nc3ccc4ccccc4c3C3=C2C(=O)CC(C)(C)C3)cc(Br)c1O. The van der Waals surface area contributed by atoms with E-state index in [9.17, 15) is 9.90 Å². The van der Waals surface area contributed by atoms with Crippen molar-refractivity contribution < 1.29 is 14.6 Å². The summed E-state index contributed by atoms with van der Waals surface area (Å²) in [7, 11) is 1.53. The van der Waals surface area contributed by atoms with Gasteiger partial charge in [-0.25, -0.2) is 0 Å². The molecule has 3 aromatic carbocycles. The highest BCUT2D eigenvalue weighted by Gasteiger charge is 2.41. The Hall–Kier alpha value is -2.79. The third kappa shape index (κ3) is 3.23. The molecule has 5 heteroatoms. The predicted molar refractivity (Wildman–Crippen MR) is 128 cm³/mol. The number of phenolic OH excluding ortho intramolecular Hbond substituents is 1. The highest BCUT2D eigenvalue weighted by Crippen LogP contribution is 2.52. The second-order valence-corrected chi connectivity index (χ2v) is 10.0. The summed E-state index contributed by atoms with van der Waals surface area (Å²) in [6.07, 6.45) is 1.35. The molecule has 0 aromatic heterocycles. The van der Waals surface area contributed by atoms with Crippen LogP contribution >= 0.6 is 15.9 Å². The van der Waals surface area contributed by atoms with E-state index in [1.807, 2.05) is 18.2 Å². The van der Waals surface area contributed by atoms with Gasteiger partial charge in [-0.15, -0.1) is 0 Å². The Morgan fingerprint density at radius 2 is 1.90 bits per heavy atom. The van der Waals surface area contributed by atoms with Crippen LogP contribution in [0, 0.1) is 5.41 Å². The monoisotopic (exact) mass is 477 g/mol. The lowest BCUT2D eigenvalue weighted by Gasteiger charge is -2.40. The summed E-state index contributed by atoms with van der Waals surface area (Å²) in [5.41, 5.74) is 4.88. The van der Waals surface area contributed by atoms with E-state index in [1.165, 1.54) is 12.5 Å². The summed E-state index contributed by atoms with van der Waals surface area (Å²) in [5.74, 6) is 0.602. The molecule has 0 amide bonds. The number of allylic oxidation sites excluding steroid dienone is 1. The molecule has 4 nitrogen and oxygen atoms in total. The normalized spacial score (nSPS) is 19.6. The van der Waals surface area contributed by atoms with Gasteiger partial charge in [-0.1, -0.05) is 44.2 Å². The third-order valence-corrected chi connectivity index (χ3v) is 6.95. The van der Waals surface area contributed by atoms with Gasteiger partial charge in [-0.2, -0.15) is 0 Å². The van der Waals surface area contributed by atoms with Crippen LogP contribution in [0.15, 0.2) is 58.6 Å².